The highest BCUT2D eigenvalue weighted by Crippen LogP contribution is 2.22. The van der Waals surface area contributed by atoms with Crippen LogP contribution in [0.1, 0.15) is 19.2 Å². The van der Waals surface area contributed by atoms with Gasteiger partial charge in [0.25, 0.3) is 0 Å². The highest BCUT2D eigenvalue weighted by atomic mass is 32.2. The zero-order valence-electron chi connectivity index (χ0n) is 17.6. The lowest BCUT2D eigenvalue weighted by Gasteiger charge is -2.34. The minimum atomic E-state index is -3.61. The number of ether oxygens (including phenoxy) is 1. The van der Waals surface area contributed by atoms with Crippen molar-refractivity contribution in [3.8, 4) is 17.1 Å². The fourth-order valence-electron chi connectivity index (χ4n) is 3.44. The number of benzene rings is 1. The van der Waals surface area contributed by atoms with Crippen LogP contribution in [0.3, 0.4) is 0 Å². The van der Waals surface area contributed by atoms with Gasteiger partial charge in [-0.2, -0.15) is 20.6 Å². The van der Waals surface area contributed by atoms with Gasteiger partial charge in [-0.25, -0.2) is 8.42 Å². The van der Waals surface area contributed by atoms with Crippen LogP contribution < -0.4 is 4.74 Å². The van der Waals surface area contributed by atoms with E-state index in [2.05, 4.69) is 10.1 Å². The summed E-state index contributed by atoms with van der Waals surface area (Å²) in [6.45, 7) is 3.59. The number of rotatable bonds is 8. The zero-order valence-corrected chi connectivity index (χ0v) is 19.3. The average Bonchev–Trinajstić information content (AvgIpc) is 3.50. The minimum absolute atomic E-state index is 0.0570. The van der Waals surface area contributed by atoms with Crippen molar-refractivity contribution in [2.24, 2.45) is 0 Å². The van der Waals surface area contributed by atoms with Crippen LogP contribution in [-0.4, -0.2) is 66.5 Å². The molecule has 2 aromatic heterocycles. The van der Waals surface area contributed by atoms with Gasteiger partial charge in [0.15, 0.2) is 0 Å². The maximum Gasteiger partial charge on any atom is 0.243 e. The Kier molecular flexibility index (Phi) is 6.87. The SMILES string of the molecule is CCOc1ccc(S(=O)(=O)N2CCN(C(=O)CCc3nc(-c4ccsc4)no3)CC2)cc1. The summed E-state index contributed by atoms with van der Waals surface area (Å²) in [6.07, 6.45) is 0.581. The Morgan fingerprint density at radius 2 is 1.91 bits per heavy atom. The molecule has 1 fully saturated rings. The molecule has 1 aliphatic rings. The van der Waals surface area contributed by atoms with Crippen molar-refractivity contribution in [2.75, 3.05) is 32.8 Å². The molecule has 0 atom stereocenters. The van der Waals surface area contributed by atoms with Crippen LogP contribution in [-0.2, 0) is 21.2 Å². The fraction of sp³-hybridized carbons (Fsp3) is 0.381. The predicted octanol–water partition coefficient (Wildman–Crippen LogP) is 2.66. The summed E-state index contributed by atoms with van der Waals surface area (Å²) in [5, 5.41) is 7.81. The molecule has 4 rings (SSSR count). The number of piperazine rings is 1. The van der Waals surface area contributed by atoms with Crippen molar-refractivity contribution >= 4 is 27.3 Å². The first-order chi connectivity index (χ1) is 15.5. The molecule has 170 valence electrons. The molecule has 11 heteroatoms. The first-order valence-electron chi connectivity index (χ1n) is 10.3. The van der Waals surface area contributed by atoms with E-state index in [0.717, 1.165) is 5.56 Å². The first kappa shape index (κ1) is 22.4. The quantitative estimate of drug-likeness (QED) is 0.492. The summed E-state index contributed by atoms with van der Waals surface area (Å²) in [5.74, 6) is 1.50. The summed E-state index contributed by atoms with van der Waals surface area (Å²) in [6, 6.07) is 8.31. The number of carbonyl (C=O) groups excluding carboxylic acids is 1. The molecule has 0 saturated carbocycles. The van der Waals surface area contributed by atoms with E-state index in [-0.39, 0.29) is 30.3 Å². The van der Waals surface area contributed by atoms with Gasteiger partial charge in [-0.05, 0) is 42.6 Å². The van der Waals surface area contributed by atoms with Crippen LogP contribution in [0.15, 0.2) is 50.5 Å². The summed E-state index contributed by atoms with van der Waals surface area (Å²) >= 11 is 1.55. The number of carbonyl (C=O) groups is 1. The Bertz CT molecular complexity index is 1140. The van der Waals surface area contributed by atoms with E-state index in [9.17, 15) is 13.2 Å². The number of aryl methyl sites for hydroxylation is 1. The number of sulfonamides is 1. The molecular formula is C21H24N4O5S2. The van der Waals surface area contributed by atoms with Gasteiger partial charge in [-0.3, -0.25) is 4.79 Å². The van der Waals surface area contributed by atoms with Crippen LogP contribution in [0.2, 0.25) is 0 Å². The van der Waals surface area contributed by atoms with Crippen molar-refractivity contribution < 1.29 is 22.5 Å². The first-order valence-corrected chi connectivity index (χ1v) is 12.7. The van der Waals surface area contributed by atoms with Crippen molar-refractivity contribution in [3.05, 3.63) is 47.0 Å². The maximum absolute atomic E-state index is 12.9. The molecule has 0 spiro atoms. The zero-order chi connectivity index (χ0) is 22.6. The lowest BCUT2D eigenvalue weighted by Crippen LogP contribution is -2.50. The maximum atomic E-state index is 12.9. The number of amides is 1. The van der Waals surface area contributed by atoms with Gasteiger partial charge >= 0.3 is 0 Å². The molecule has 1 aromatic carbocycles. The number of aromatic nitrogens is 2. The Balaban J connectivity index is 1.28. The van der Waals surface area contributed by atoms with Gasteiger partial charge in [0.2, 0.25) is 27.6 Å². The van der Waals surface area contributed by atoms with Gasteiger partial charge in [-0.15, -0.1) is 0 Å². The molecule has 0 bridgehead atoms. The van der Waals surface area contributed by atoms with E-state index in [1.807, 2.05) is 23.8 Å². The molecule has 3 heterocycles. The highest BCUT2D eigenvalue weighted by molar-refractivity contribution is 7.89. The normalized spacial score (nSPS) is 15.1. The van der Waals surface area contributed by atoms with E-state index in [4.69, 9.17) is 9.26 Å². The van der Waals surface area contributed by atoms with E-state index in [0.29, 0.717) is 43.6 Å². The number of hydrogen-bond donors (Lipinski definition) is 0. The van der Waals surface area contributed by atoms with E-state index < -0.39 is 10.0 Å². The Morgan fingerprint density at radius 1 is 1.16 bits per heavy atom. The van der Waals surface area contributed by atoms with Crippen molar-refractivity contribution in [1.29, 1.82) is 0 Å². The van der Waals surface area contributed by atoms with Crippen molar-refractivity contribution in [3.63, 3.8) is 0 Å². The highest BCUT2D eigenvalue weighted by Gasteiger charge is 2.30. The molecule has 0 radical (unpaired) electrons. The number of thiophene rings is 1. The van der Waals surface area contributed by atoms with Crippen LogP contribution in [0.5, 0.6) is 5.75 Å². The molecular weight excluding hydrogens is 452 g/mol. The van der Waals surface area contributed by atoms with Gasteiger partial charge in [0.1, 0.15) is 5.75 Å². The van der Waals surface area contributed by atoms with Crippen molar-refractivity contribution in [1.82, 2.24) is 19.3 Å². The van der Waals surface area contributed by atoms with Gasteiger partial charge in [-0.1, -0.05) is 5.16 Å². The lowest BCUT2D eigenvalue weighted by atomic mass is 10.2. The third-order valence-electron chi connectivity index (χ3n) is 5.16. The number of nitrogens with zero attached hydrogens (tertiary/aromatic N) is 4. The second kappa shape index (κ2) is 9.80. The third kappa shape index (κ3) is 5.00. The molecule has 0 unspecified atom stereocenters. The van der Waals surface area contributed by atoms with E-state index in [1.165, 1.54) is 4.31 Å². The molecule has 3 aromatic rings. The largest absolute Gasteiger partial charge is 0.494 e. The second-order valence-electron chi connectivity index (χ2n) is 7.21. The van der Waals surface area contributed by atoms with E-state index in [1.54, 1.807) is 40.5 Å². The summed E-state index contributed by atoms with van der Waals surface area (Å²) in [5.41, 5.74) is 0.890. The van der Waals surface area contributed by atoms with Crippen LogP contribution in [0, 0.1) is 0 Å². The second-order valence-corrected chi connectivity index (χ2v) is 9.93. The molecule has 1 aliphatic heterocycles. The summed E-state index contributed by atoms with van der Waals surface area (Å²) in [7, 11) is -3.61. The lowest BCUT2D eigenvalue weighted by molar-refractivity contribution is -0.132. The molecule has 1 saturated heterocycles. The molecule has 1 amide bonds. The Morgan fingerprint density at radius 3 is 2.56 bits per heavy atom. The molecule has 9 nitrogen and oxygen atoms in total. The standard InChI is InChI=1S/C21H24N4O5S2/c1-2-29-17-3-5-18(6-4-17)32(27,28)25-12-10-24(11-13-25)20(26)8-7-19-22-21(23-30-19)16-9-14-31-15-16/h3-6,9,14-15H,2,7-8,10-13H2,1H3. The fourth-order valence-corrected chi connectivity index (χ4v) is 5.50. The summed E-state index contributed by atoms with van der Waals surface area (Å²) < 4.78 is 37.8. The smallest absolute Gasteiger partial charge is 0.243 e. The van der Waals surface area contributed by atoms with Crippen LogP contribution in [0.4, 0.5) is 0 Å². The van der Waals surface area contributed by atoms with Crippen molar-refractivity contribution in [2.45, 2.75) is 24.7 Å². The molecule has 0 N–H and O–H groups in total. The number of hydrogen-bond acceptors (Lipinski definition) is 8. The molecule has 32 heavy (non-hydrogen) atoms. The van der Waals surface area contributed by atoms with Gasteiger partial charge in [0, 0.05) is 50.0 Å². The Hall–Kier alpha value is -2.76. The molecule has 0 aliphatic carbocycles. The minimum Gasteiger partial charge on any atom is -0.494 e. The monoisotopic (exact) mass is 476 g/mol. The van der Waals surface area contributed by atoms with Crippen LogP contribution in [0.25, 0.3) is 11.4 Å². The topological polar surface area (TPSA) is 106 Å². The summed E-state index contributed by atoms with van der Waals surface area (Å²) in [4.78, 5) is 18.8. The van der Waals surface area contributed by atoms with Gasteiger partial charge < -0.3 is 14.2 Å². The predicted molar refractivity (Wildman–Crippen MR) is 119 cm³/mol. The van der Waals surface area contributed by atoms with Gasteiger partial charge in [0.05, 0.1) is 11.5 Å². The average molecular weight is 477 g/mol. The Labute approximate surface area is 190 Å². The van der Waals surface area contributed by atoms with E-state index >= 15 is 0 Å². The van der Waals surface area contributed by atoms with Crippen LogP contribution >= 0.6 is 11.3 Å². The third-order valence-corrected chi connectivity index (χ3v) is 7.76.